The summed E-state index contributed by atoms with van der Waals surface area (Å²) < 4.78 is 10.7. The predicted octanol–water partition coefficient (Wildman–Crippen LogP) is 2.27. The lowest BCUT2D eigenvalue weighted by molar-refractivity contribution is -0.156. The highest BCUT2D eigenvalue weighted by Crippen LogP contribution is 2.44. The van der Waals surface area contributed by atoms with Crippen molar-refractivity contribution in [3.05, 3.63) is 59.7 Å². The third kappa shape index (κ3) is 5.05. The van der Waals surface area contributed by atoms with Crippen LogP contribution >= 0.6 is 0 Å². The van der Waals surface area contributed by atoms with Gasteiger partial charge in [-0.1, -0.05) is 55.5 Å². The van der Waals surface area contributed by atoms with E-state index in [9.17, 15) is 19.5 Å². The Hall–Kier alpha value is -3.43. The number of fused-ring (bicyclic) bond motifs is 3. The number of hydrogen-bond acceptors (Lipinski definition) is 6. The minimum Gasteiger partial charge on any atom is -0.479 e. The lowest BCUT2D eigenvalue weighted by atomic mass is 9.95. The Kier molecular flexibility index (Phi) is 7.58. The first kappa shape index (κ1) is 25.2. The molecule has 2 amide bonds. The molecule has 1 aliphatic carbocycles. The van der Waals surface area contributed by atoms with Crippen molar-refractivity contribution in [2.75, 3.05) is 26.9 Å². The highest BCUT2D eigenvalue weighted by Gasteiger charge is 2.41. The summed E-state index contributed by atoms with van der Waals surface area (Å²) in [6.07, 6.45) is -0.660. The van der Waals surface area contributed by atoms with Gasteiger partial charge >= 0.3 is 12.1 Å². The van der Waals surface area contributed by atoms with Crippen LogP contribution in [0.25, 0.3) is 11.1 Å². The van der Waals surface area contributed by atoms with Crippen LogP contribution in [0.4, 0.5) is 4.79 Å². The molecule has 34 heavy (non-hydrogen) atoms. The molecule has 0 saturated heterocycles. The Labute approximate surface area is 198 Å². The van der Waals surface area contributed by atoms with E-state index in [-0.39, 0.29) is 25.6 Å². The number of carbonyl (C=O) groups excluding carboxylic acids is 2. The topological polar surface area (TPSA) is 134 Å². The zero-order chi connectivity index (χ0) is 24.9. The monoisotopic (exact) mass is 470 g/mol. The summed E-state index contributed by atoms with van der Waals surface area (Å²) in [7, 11) is 1.38. The van der Waals surface area contributed by atoms with E-state index in [1.54, 1.807) is 6.92 Å². The van der Waals surface area contributed by atoms with Gasteiger partial charge in [-0.2, -0.15) is 0 Å². The predicted molar refractivity (Wildman–Crippen MR) is 124 cm³/mol. The van der Waals surface area contributed by atoms with Crippen molar-refractivity contribution in [1.29, 1.82) is 0 Å². The zero-order valence-corrected chi connectivity index (χ0v) is 19.5. The molecule has 1 aliphatic rings. The van der Waals surface area contributed by atoms with Crippen LogP contribution in [0.2, 0.25) is 0 Å². The van der Waals surface area contributed by atoms with Crippen LogP contribution < -0.4 is 10.6 Å². The van der Waals surface area contributed by atoms with E-state index in [1.807, 2.05) is 48.5 Å². The van der Waals surface area contributed by atoms with Gasteiger partial charge in [-0.05, 0) is 35.6 Å². The van der Waals surface area contributed by atoms with Gasteiger partial charge in [-0.3, -0.25) is 4.79 Å². The average Bonchev–Trinajstić information content (AvgIpc) is 3.14. The molecule has 2 aromatic rings. The van der Waals surface area contributed by atoms with Crippen molar-refractivity contribution in [3.63, 3.8) is 0 Å². The third-order valence-corrected chi connectivity index (χ3v) is 6.17. The second kappa shape index (κ2) is 10.2. The average molecular weight is 471 g/mol. The Bertz CT molecular complexity index is 1020. The molecule has 182 valence electrons. The van der Waals surface area contributed by atoms with Crippen molar-refractivity contribution in [3.8, 4) is 11.1 Å². The minimum atomic E-state index is -2.16. The smallest absolute Gasteiger partial charge is 0.408 e. The molecule has 2 aromatic carbocycles. The first-order chi connectivity index (χ1) is 16.1. The third-order valence-electron chi connectivity index (χ3n) is 6.17. The number of carboxylic acids is 1. The van der Waals surface area contributed by atoms with E-state index >= 15 is 0 Å². The van der Waals surface area contributed by atoms with Gasteiger partial charge in [0.15, 0.2) is 5.60 Å². The number of benzene rings is 2. The van der Waals surface area contributed by atoms with E-state index in [0.29, 0.717) is 0 Å². The number of aliphatic hydroxyl groups is 1. The number of ether oxygens (including phenoxy) is 2. The van der Waals surface area contributed by atoms with E-state index in [0.717, 1.165) is 29.2 Å². The molecule has 0 spiro atoms. The number of methoxy groups -OCH3 is 1. The largest absolute Gasteiger partial charge is 0.479 e. The molecule has 9 heteroatoms. The van der Waals surface area contributed by atoms with Crippen LogP contribution in [0.1, 0.15) is 37.3 Å². The van der Waals surface area contributed by atoms with Gasteiger partial charge in [0.1, 0.15) is 12.1 Å². The fraction of sp³-hybridized carbons (Fsp3) is 0.400. The first-order valence-electron chi connectivity index (χ1n) is 11.0. The molecule has 2 unspecified atom stereocenters. The van der Waals surface area contributed by atoms with Crippen molar-refractivity contribution in [1.82, 2.24) is 10.6 Å². The van der Waals surface area contributed by atoms with Crippen molar-refractivity contribution in [2.45, 2.75) is 37.3 Å². The Morgan fingerprint density at radius 2 is 1.59 bits per heavy atom. The normalized spacial score (nSPS) is 15.9. The highest BCUT2D eigenvalue weighted by molar-refractivity contribution is 5.91. The zero-order valence-electron chi connectivity index (χ0n) is 19.5. The molecule has 0 aromatic heterocycles. The van der Waals surface area contributed by atoms with Crippen LogP contribution in [-0.4, -0.2) is 66.2 Å². The quantitative estimate of drug-likeness (QED) is 0.418. The molecule has 0 radical (unpaired) electrons. The van der Waals surface area contributed by atoms with Crippen molar-refractivity contribution < 1.29 is 34.1 Å². The van der Waals surface area contributed by atoms with Gasteiger partial charge in [0.2, 0.25) is 5.91 Å². The summed E-state index contributed by atoms with van der Waals surface area (Å²) in [6, 6.07) is 15.9. The molecular formula is C25H30N2O7. The second-order valence-corrected chi connectivity index (χ2v) is 8.58. The van der Waals surface area contributed by atoms with Crippen LogP contribution in [0.5, 0.6) is 0 Å². The van der Waals surface area contributed by atoms with Crippen LogP contribution in [0, 0.1) is 0 Å². The van der Waals surface area contributed by atoms with E-state index < -0.39 is 35.7 Å². The standard InChI is InChI=1S/C25H30N2O7/c1-4-25(15-33-3,21(28)26-14-24(2,32)22(29)30)27-23(31)34-13-20-18-11-7-5-9-16(18)17-10-6-8-12-19(17)20/h5-12,20,32H,4,13-15H2,1-3H3,(H,26,28)(H,27,31)(H,29,30). The van der Waals surface area contributed by atoms with Gasteiger partial charge in [0, 0.05) is 13.0 Å². The molecular weight excluding hydrogens is 440 g/mol. The van der Waals surface area contributed by atoms with E-state index in [4.69, 9.17) is 14.6 Å². The molecule has 4 N–H and O–H groups in total. The maximum absolute atomic E-state index is 12.9. The summed E-state index contributed by atoms with van der Waals surface area (Å²) in [5, 5.41) is 23.9. The van der Waals surface area contributed by atoms with Gasteiger partial charge in [0.05, 0.1) is 13.2 Å². The number of hydrogen-bond donors (Lipinski definition) is 4. The van der Waals surface area contributed by atoms with Crippen molar-refractivity contribution in [2.24, 2.45) is 0 Å². The Balaban J connectivity index is 1.71. The highest BCUT2D eigenvalue weighted by atomic mass is 16.5. The molecule has 0 fully saturated rings. The SMILES string of the molecule is CCC(COC)(NC(=O)OCC1c2ccccc2-c2ccccc21)C(=O)NCC(C)(O)C(=O)O. The van der Waals surface area contributed by atoms with Gasteiger partial charge < -0.3 is 30.3 Å². The summed E-state index contributed by atoms with van der Waals surface area (Å²) in [6.45, 7) is 2.10. The van der Waals surface area contributed by atoms with Crippen LogP contribution in [-0.2, 0) is 19.1 Å². The number of nitrogens with one attached hydrogen (secondary N) is 2. The van der Waals surface area contributed by atoms with Gasteiger partial charge in [-0.15, -0.1) is 0 Å². The van der Waals surface area contributed by atoms with Gasteiger partial charge in [-0.25, -0.2) is 9.59 Å². The number of rotatable bonds is 10. The summed E-state index contributed by atoms with van der Waals surface area (Å²) in [5.74, 6) is -2.31. The molecule has 3 rings (SSSR count). The maximum atomic E-state index is 12.9. The number of alkyl carbamates (subject to hydrolysis) is 1. The number of amides is 2. The Morgan fingerprint density at radius 3 is 2.09 bits per heavy atom. The first-order valence-corrected chi connectivity index (χ1v) is 11.0. The number of carboxylic acid groups (broad SMARTS) is 1. The molecule has 0 heterocycles. The molecule has 0 saturated carbocycles. The molecule has 0 bridgehead atoms. The minimum absolute atomic E-state index is 0.0714. The summed E-state index contributed by atoms with van der Waals surface area (Å²) in [5.41, 5.74) is 0.642. The van der Waals surface area contributed by atoms with Crippen molar-refractivity contribution >= 4 is 18.0 Å². The van der Waals surface area contributed by atoms with E-state index in [1.165, 1.54) is 7.11 Å². The lowest BCUT2D eigenvalue weighted by Gasteiger charge is -2.32. The fourth-order valence-electron chi connectivity index (χ4n) is 4.08. The lowest BCUT2D eigenvalue weighted by Crippen LogP contribution is -2.63. The molecule has 9 nitrogen and oxygen atoms in total. The summed E-state index contributed by atoms with van der Waals surface area (Å²) in [4.78, 5) is 36.8. The fourth-order valence-corrected chi connectivity index (χ4v) is 4.08. The molecule has 2 atom stereocenters. The molecule has 0 aliphatic heterocycles. The Morgan fingerprint density at radius 1 is 1.03 bits per heavy atom. The van der Waals surface area contributed by atoms with E-state index in [2.05, 4.69) is 10.6 Å². The maximum Gasteiger partial charge on any atom is 0.408 e. The number of aliphatic carboxylic acids is 1. The van der Waals surface area contributed by atoms with Crippen LogP contribution in [0.3, 0.4) is 0 Å². The second-order valence-electron chi connectivity index (χ2n) is 8.58. The van der Waals surface area contributed by atoms with Crippen LogP contribution in [0.15, 0.2) is 48.5 Å². The summed E-state index contributed by atoms with van der Waals surface area (Å²) >= 11 is 0. The van der Waals surface area contributed by atoms with Gasteiger partial charge in [0.25, 0.3) is 0 Å². The number of carbonyl (C=O) groups is 3.